The number of nitrogens with one attached hydrogen (secondary N) is 1. The van der Waals surface area contributed by atoms with Crippen LogP contribution in [0.1, 0.15) is 54.3 Å². The summed E-state index contributed by atoms with van der Waals surface area (Å²) in [6.07, 6.45) is 5.43. The summed E-state index contributed by atoms with van der Waals surface area (Å²) < 4.78 is 7.44. The molecule has 4 heterocycles. The molecule has 1 amide bonds. The Morgan fingerprint density at radius 2 is 1.93 bits per heavy atom. The molecular formula is C19H32N6O2. The number of hydrogen-bond donors (Lipinski definition) is 1. The van der Waals surface area contributed by atoms with Gasteiger partial charge in [0.05, 0.1) is 24.9 Å². The second-order valence-corrected chi connectivity index (χ2v) is 8.01. The van der Waals surface area contributed by atoms with Gasteiger partial charge in [0.1, 0.15) is 0 Å². The van der Waals surface area contributed by atoms with Crippen molar-refractivity contribution >= 4 is 5.91 Å². The van der Waals surface area contributed by atoms with Crippen molar-refractivity contribution in [1.29, 1.82) is 0 Å². The number of ether oxygens (including phenoxy) is 1. The van der Waals surface area contributed by atoms with Crippen molar-refractivity contribution in [3.05, 3.63) is 11.4 Å². The van der Waals surface area contributed by atoms with E-state index in [0.29, 0.717) is 11.7 Å². The molecule has 8 nitrogen and oxygen atoms in total. The minimum Gasteiger partial charge on any atom is -0.379 e. The average molecular weight is 377 g/mol. The van der Waals surface area contributed by atoms with Crippen LogP contribution >= 0.6 is 0 Å². The lowest BCUT2D eigenvalue weighted by Crippen LogP contribution is -2.51. The van der Waals surface area contributed by atoms with Crippen molar-refractivity contribution in [3.8, 4) is 0 Å². The molecule has 1 aromatic heterocycles. The van der Waals surface area contributed by atoms with Crippen molar-refractivity contribution in [2.45, 2.75) is 51.1 Å². The zero-order valence-electron chi connectivity index (χ0n) is 16.4. The minimum absolute atomic E-state index is 0.0608. The molecule has 1 N–H and O–H groups in total. The van der Waals surface area contributed by atoms with E-state index in [1.54, 1.807) is 0 Å². The zero-order valence-corrected chi connectivity index (χ0v) is 16.4. The molecule has 0 aromatic carbocycles. The zero-order chi connectivity index (χ0) is 18.6. The van der Waals surface area contributed by atoms with Gasteiger partial charge in [0, 0.05) is 32.2 Å². The number of morpholine rings is 1. The number of rotatable bonds is 4. The van der Waals surface area contributed by atoms with E-state index in [-0.39, 0.29) is 11.9 Å². The van der Waals surface area contributed by atoms with Gasteiger partial charge in [-0.15, -0.1) is 5.10 Å². The SMILES string of the molecule is Cc1c(C(=O)N2CCCCC2CN2CCOCC2)nnn1C1CCNCC1. The van der Waals surface area contributed by atoms with Gasteiger partial charge in [-0.3, -0.25) is 9.69 Å². The van der Waals surface area contributed by atoms with Gasteiger partial charge in [0.2, 0.25) is 0 Å². The van der Waals surface area contributed by atoms with E-state index >= 15 is 0 Å². The van der Waals surface area contributed by atoms with Gasteiger partial charge >= 0.3 is 0 Å². The Kier molecular flexibility index (Phi) is 6.04. The van der Waals surface area contributed by atoms with Crippen molar-refractivity contribution in [3.63, 3.8) is 0 Å². The topological polar surface area (TPSA) is 75.5 Å². The summed E-state index contributed by atoms with van der Waals surface area (Å²) in [6.45, 7) is 9.28. The molecular weight excluding hydrogens is 344 g/mol. The molecule has 3 aliphatic heterocycles. The first-order valence-electron chi connectivity index (χ1n) is 10.5. The first-order valence-corrected chi connectivity index (χ1v) is 10.5. The lowest BCUT2D eigenvalue weighted by atomic mass is 10.0. The minimum atomic E-state index is 0.0608. The standard InChI is InChI=1S/C19H32N6O2/c1-15-18(21-22-25(15)16-5-7-20-8-6-16)19(26)24-9-3-2-4-17(24)14-23-10-12-27-13-11-23/h16-17,20H,2-14H2,1H3. The highest BCUT2D eigenvalue weighted by molar-refractivity contribution is 5.93. The summed E-state index contributed by atoms with van der Waals surface area (Å²) in [6, 6.07) is 0.624. The molecule has 27 heavy (non-hydrogen) atoms. The largest absolute Gasteiger partial charge is 0.379 e. The Morgan fingerprint density at radius 1 is 1.15 bits per heavy atom. The monoisotopic (exact) mass is 376 g/mol. The van der Waals surface area contributed by atoms with Crippen molar-refractivity contribution in [2.24, 2.45) is 0 Å². The summed E-state index contributed by atoms with van der Waals surface area (Å²) in [4.78, 5) is 17.8. The van der Waals surface area contributed by atoms with E-state index in [9.17, 15) is 4.79 Å². The smallest absolute Gasteiger partial charge is 0.276 e. The Morgan fingerprint density at radius 3 is 2.70 bits per heavy atom. The lowest BCUT2D eigenvalue weighted by Gasteiger charge is -2.39. The van der Waals surface area contributed by atoms with Gasteiger partial charge in [-0.25, -0.2) is 4.68 Å². The molecule has 3 fully saturated rings. The van der Waals surface area contributed by atoms with Gasteiger partial charge < -0.3 is 15.0 Å². The number of nitrogens with zero attached hydrogens (tertiary/aromatic N) is 5. The summed E-state index contributed by atoms with van der Waals surface area (Å²) in [5.74, 6) is 0.0608. The van der Waals surface area contributed by atoms with Crippen LogP contribution in [0.3, 0.4) is 0 Å². The molecule has 0 bridgehead atoms. The van der Waals surface area contributed by atoms with Gasteiger partial charge in [0.15, 0.2) is 5.69 Å². The fourth-order valence-corrected chi connectivity index (χ4v) is 4.61. The predicted molar refractivity (Wildman–Crippen MR) is 102 cm³/mol. The summed E-state index contributed by atoms with van der Waals surface area (Å²) >= 11 is 0. The van der Waals surface area contributed by atoms with E-state index in [1.807, 2.05) is 11.6 Å². The van der Waals surface area contributed by atoms with Gasteiger partial charge in [-0.1, -0.05) is 5.21 Å². The van der Waals surface area contributed by atoms with E-state index in [1.165, 1.54) is 6.42 Å². The van der Waals surface area contributed by atoms with Crippen molar-refractivity contribution < 1.29 is 9.53 Å². The normalized spacial score (nSPS) is 25.7. The number of aromatic nitrogens is 3. The highest BCUT2D eigenvalue weighted by atomic mass is 16.5. The van der Waals surface area contributed by atoms with Crippen molar-refractivity contribution in [1.82, 2.24) is 30.1 Å². The fraction of sp³-hybridized carbons (Fsp3) is 0.842. The molecule has 3 saturated heterocycles. The van der Waals surface area contributed by atoms with Crippen LogP contribution in [0.15, 0.2) is 0 Å². The molecule has 3 aliphatic rings. The average Bonchev–Trinajstić information content (AvgIpc) is 3.11. The maximum absolute atomic E-state index is 13.3. The molecule has 4 rings (SSSR count). The second kappa shape index (κ2) is 8.67. The summed E-state index contributed by atoms with van der Waals surface area (Å²) in [7, 11) is 0. The number of hydrogen-bond acceptors (Lipinski definition) is 6. The molecule has 8 heteroatoms. The van der Waals surface area contributed by atoms with Gasteiger partial charge in [-0.05, 0) is 52.1 Å². The number of carbonyl (C=O) groups excluding carboxylic acids is 1. The lowest BCUT2D eigenvalue weighted by molar-refractivity contribution is 0.0164. The number of piperidine rings is 2. The highest BCUT2D eigenvalue weighted by Crippen LogP contribution is 2.24. The van der Waals surface area contributed by atoms with Gasteiger partial charge in [-0.2, -0.15) is 0 Å². The van der Waals surface area contributed by atoms with Crippen LogP contribution in [-0.4, -0.2) is 89.2 Å². The van der Waals surface area contributed by atoms with E-state index in [4.69, 9.17) is 4.74 Å². The molecule has 1 unspecified atom stereocenters. The van der Waals surface area contributed by atoms with E-state index in [0.717, 1.165) is 83.9 Å². The van der Waals surface area contributed by atoms with Crippen LogP contribution in [0, 0.1) is 6.92 Å². The Balaban J connectivity index is 1.47. The molecule has 0 radical (unpaired) electrons. The van der Waals surface area contributed by atoms with E-state index in [2.05, 4.69) is 25.4 Å². The van der Waals surface area contributed by atoms with Crippen LogP contribution in [0.4, 0.5) is 0 Å². The van der Waals surface area contributed by atoms with Gasteiger partial charge in [0.25, 0.3) is 5.91 Å². The molecule has 1 aromatic rings. The third-order valence-electron chi connectivity index (χ3n) is 6.25. The second-order valence-electron chi connectivity index (χ2n) is 8.01. The molecule has 1 atom stereocenters. The van der Waals surface area contributed by atoms with Crippen LogP contribution < -0.4 is 5.32 Å². The summed E-state index contributed by atoms with van der Waals surface area (Å²) in [5.41, 5.74) is 1.46. The first-order chi connectivity index (χ1) is 13.2. The Hall–Kier alpha value is -1.51. The molecule has 0 spiro atoms. The van der Waals surface area contributed by atoms with Crippen LogP contribution in [0.25, 0.3) is 0 Å². The van der Waals surface area contributed by atoms with Crippen LogP contribution in [-0.2, 0) is 4.74 Å². The quantitative estimate of drug-likeness (QED) is 0.839. The Labute approximate surface area is 161 Å². The Bertz CT molecular complexity index is 636. The molecule has 0 aliphatic carbocycles. The molecule has 0 saturated carbocycles. The fourth-order valence-electron chi connectivity index (χ4n) is 4.61. The first kappa shape index (κ1) is 18.8. The molecule has 150 valence electrons. The predicted octanol–water partition coefficient (Wildman–Crippen LogP) is 0.838. The van der Waals surface area contributed by atoms with Crippen LogP contribution in [0.2, 0.25) is 0 Å². The highest BCUT2D eigenvalue weighted by Gasteiger charge is 2.32. The maximum Gasteiger partial charge on any atom is 0.276 e. The maximum atomic E-state index is 13.3. The third-order valence-corrected chi connectivity index (χ3v) is 6.25. The number of likely N-dealkylation sites (tertiary alicyclic amines) is 1. The number of carbonyl (C=O) groups is 1. The number of amides is 1. The van der Waals surface area contributed by atoms with Crippen LogP contribution in [0.5, 0.6) is 0 Å². The third kappa shape index (κ3) is 4.17. The summed E-state index contributed by atoms with van der Waals surface area (Å²) in [5, 5.41) is 12.1. The van der Waals surface area contributed by atoms with E-state index < -0.39 is 0 Å². The van der Waals surface area contributed by atoms with Crippen molar-refractivity contribution in [2.75, 3.05) is 52.5 Å².